The van der Waals surface area contributed by atoms with Gasteiger partial charge in [-0.1, -0.05) is 23.7 Å². The van der Waals surface area contributed by atoms with Crippen molar-refractivity contribution >= 4 is 34.2 Å². The van der Waals surface area contributed by atoms with Crippen molar-refractivity contribution in [2.45, 2.75) is 6.54 Å². The molecule has 0 aliphatic rings. The first-order valence-corrected chi connectivity index (χ1v) is 8.67. The number of hydrogen-bond acceptors (Lipinski definition) is 3. The van der Waals surface area contributed by atoms with Gasteiger partial charge in [0.1, 0.15) is 6.54 Å². The van der Waals surface area contributed by atoms with Gasteiger partial charge in [0.05, 0.1) is 28.6 Å². The fourth-order valence-electron chi connectivity index (χ4n) is 2.93. The Morgan fingerprint density at radius 2 is 1.85 bits per heavy atom. The van der Waals surface area contributed by atoms with E-state index in [2.05, 4.69) is 10.3 Å². The molecule has 0 spiro atoms. The number of para-hydroxylation sites is 2. The van der Waals surface area contributed by atoms with Gasteiger partial charge >= 0.3 is 0 Å². The number of nitrogens with one attached hydrogen (secondary N) is 1. The number of benzene rings is 2. The number of carbonyl (C=O) groups excluding carboxylic acids is 1. The van der Waals surface area contributed by atoms with Crippen molar-refractivity contribution in [1.29, 1.82) is 0 Å². The monoisotopic (exact) mass is 378 g/mol. The minimum absolute atomic E-state index is 0.115. The summed E-state index contributed by atoms with van der Waals surface area (Å²) < 4.78 is 3.26. The zero-order chi connectivity index (χ0) is 18.8. The first-order chi connectivity index (χ1) is 13.1. The lowest BCUT2D eigenvalue weighted by molar-refractivity contribution is -0.116. The van der Waals surface area contributed by atoms with E-state index in [0.29, 0.717) is 21.7 Å². The number of hydrogen-bond donors (Lipinski definition) is 1. The summed E-state index contributed by atoms with van der Waals surface area (Å²) in [6.45, 7) is -0.115. The highest BCUT2D eigenvalue weighted by atomic mass is 35.5. The summed E-state index contributed by atoms with van der Waals surface area (Å²) in [6.07, 6.45) is 4.95. The molecule has 0 atom stereocenters. The van der Waals surface area contributed by atoms with Crippen molar-refractivity contribution in [1.82, 2.24) is 14.1 Å². The smallest absolute Gasteiger partial charge is 0.269 e. The molecule has 0 aliphatic carbocycles. The molecule has 0 fully saturated rings. The minimum atomic E-state index is -0.328. The molecule has 6 nitrogen and oxygen atoms in total. The Hall–Kier alpha value is -3.38. The average Bonchev–Trinajstić information content (AvgIpc) is 3.20. The lowest BCUT2D eigenvalue weighted by Crippen LogP contribution is -2.28. The van der Waals surface area contributed by atoms with E-state index < -0.39 is 0 Å². The normalized spacial score (nSPS) is 10.9. The number of aromatic nitrogens is 3. The maximum absolute atomic E-state index is 12.7. The number of anilines is 1. The summed E-state index contributed by atoms with van der Waals surface area (Å²) in [5.41, 5.74) is 2.29. The van der Waals surface area contributed by atoms with E-state index >= 15 is 0 Å². The van der Waals surface area contributed by atoms with Crippen LogP contribution in [0.15, 0.2) is 78.0 Å². The minimum Gasteiger partial charge on any atom is -0.323 e. The first-order valence-electron chi connectivity index (χ1n) is 8.29. The molecule has 4 aromatic rings. The molecule has 4 rings (SSSR count). The quantitative estimate of drug-likeness (QED) is 0.591. The SMILES string of the molecule is O=C(Cn1c(=O)cnc2ccccc21)Nc1ccc(Cl)cc1-n1cccc1. The van der Waals surface area contributed by atoms with Crippen LogP contribution >= 0.6 is 11.6 Å². The van der Waals surface area contributed by atoms with Gasteiger partial charge < -0.3 is 9.88 Å². The first kappa shape index (κ1) is 17.1. The van der Waals surface area contributed by atoms with E-state index in [0.717, 1.165) is 5.69 Å². The Balaban J connectivity index is 1.65. The molecule has 0 saturated carbocycles. The molecule has 7 heteroatoms. The van der Waals surface area contributed by atoms with Gasteiger partial charge in [-0.2, -0.15) is 0 Å². The molecule has 27 heavy (non-hydrogen) atoms. The Morgan fingerprint density at radius 1 is 1.07 bits per heavy atom. The van der Waals surface area contributed by atoms with Gasteiger partial charge in [-0.05, 0) is 42.5 Å². The zero-order valence-corrected chi connectivity index (χ0v) is 14.9. The molecule has 0 bridgehead atoms. The molecule has 2 aromatic heterocycles. The fourth-order valence-corrected chi connectivity index (χ4v) is 3.10. The third-order valence-corrected chi connectivity index (χ3v) is 4.41. The number of fused-ring (bicyclic) bond motifs is 1. The summed E-state index contributed by atoms with van der Waals surface area (Å²) in [5, 5.41) is 3.43. The van der Waals surface area contributed by atoms with Gasteiger partial charge in [-0.15, -0.1) is 0 Å². The summed E-state index contributed by atoms with van der Waals surface area (Å²) in [4.78, 5) is 29.0. The highest BCUT2D eigenvalue weighted by Gasteiger charge is 2.12. The molecule has 2 heterocycles. The van der Waals surface area contributed by atoms with Crippen LogP contribution in [-0.4, -0.2) is 20.0 Å². The summed E-state index contributed by atoms with van der Waals surface area (Å²) >= 11 is 6.11. The van der Waals surface area contributed by atoms with Crippen LogP contribution in [0, 0.1) is 0 Å². The molecule has 134 valence electrons. The van der Waals surface area contributed by atoms with Crippen molar-refractivity contribution in [3.05, 3.63) is 88.6 Å². The largest absolute Gasteiger partial charge is 0.323 e. The van der Waals surface area contributed by atoms with Gasteiger partial charge in [0, 0.05) is 17.4 Å². The highest BCUT2D eigenvalue weighted by Crippen LogP contribution is 2.24. The third kappa shape index (κ3) is 3.47. The number of amides is 1. The molecule has 0 saturated heterocycles. The predicted octanol–water partition coefficient (Wildman–Crippen LogP) is 3.48. The van der Waals surface area contributed by atoms with Gasteiger partial charge in [0.25, 0.3) is 5.56 Å². The molecule has 0 aliphatic heterocycles. The average molecular weight is 379 g/mol. The van der Waals surface area contributed by atoms with E-state index in [1.807, 2.05) is 35.2 Å². The molecule has 1 N–H and O–H groups in total. The number of halogens is 1. The Morgan fingerprint density at radius 3 is 2.67 bits per heavy atom. The summed E-state index contributed by atoms with van der Waals surface area (Å²) in [6, 6.07) is 16.2. The highest BCUT2D eigenvalue weighted by molar-refractivity contribution is 6.30. The topological polar surface area (TPSA) is 68.9 Å². The summed E-state index contributed by atoms with van der Waals surface area (Å²) in [7, 11) is 0. The van der Waals surface area contributed by atoms with E-state index in [4.69, 9.17) is 11.6 Å². The lowest BCUT2D eigenvalue weighted by Gasteiger charge is -2.14. The number of nitrogens with zero attached hydrogens (tertiary/aromatic N) is 3. The van der Waals surface area contributed by atoms with Crippen molar-refractivity contribution in [2.24, 2.45) is 0 Å². The second kappa shape index (κ2) is 7.09. The van der Waals surface area contributed by atoms with Crippen molar-refractivity contribution in [3.8, 4) is 5.69 Å². The van der Waals surface area contributed by atoms with Crippen LogP contribution in [0.3, 0.4) is 0 Å². The van der Waals surface area contributed by atoms with Crippen molar-refractivity contribution in [3.63, 3.8) is 0 Å². The molecular weight excluding hydrogens is 364 g/mol. The van der Waals surface area contributed by atoms with Gasteiger partial charge in [0.2, 0.25) is 5.91 Å². The fraction of sp³-hybridized carbons (Fsp3) is 0.0500. The van der Waals surface area contributed by atoms with Gasteiger partial charge in [-0.3, -0.25) is 14.2 Å². The van der Waals surface area contributed by atoms with Crippen molar-refractivity contribution < 1.29 is 4.79 Å². The second-order valence-electron chi connectivity index (χ2n) is 5.97. The number of rotatable bonds is 4. The van der Waals surface area contributed by atoms with Crippen LogP contribution in [0.25, 0.3) is 16.7 Å². The molecule has 1 amide bonds. The Labute approximate surface area is 159 Å². The molecule has 2 aromatic carbocycles. The van der Waals surface area contributed by atoms with Crippen LogP contribution in [0.5, 0.6) is 0 Å². The van der Waals surface area contributed by atoms with Crippen LogP contribution in [0.4, 0.5) is 5.69 Å². The summed E-state index contributed by atoms with van der Waals surface area (Å²) in [5.74, 6) is -0.316. The van der Waals surface area contributed by atoms with Gasteiger partial charge in [-0.25, -0.2) is 4.98 Å². The van der Waals surface area contributed by atoms with Crippen LogP contribution in [0.2, 0.25) is 5.02 Å². The van der Waals surface area contributed by atoms with Crippen molar-refractivity contribution in [2.75, 3.05) is 5.32 Å². The standard InChI is InChI=1S/C20H15ClN4O2/c21-14-7-8-16(18(11-14)24-9-3-4-10-24)23-19(26)13-25-17-6-2-1-5-15(17)22-12-20(25)27/h1-12H,13H2,(H,23,26). The van der Waals surface area contributed by atoms with Crippen LogP contribution in [-0.2, 0) is 11.3 Å². The predicted molar refractivity (Wildman–Crippen MR) is 105 cm³/mol. The van der Waals surface area contributed by atoms with E-state index in [1.165, 1.54) is 10.8 Å². The maximum atomic E-state index is 12.7. The van der Waals surface area contributed by atoms with Gasteiger partial charge in [0.15, 0.2) is 0 Å². The Kier molecular flexibility index (Phi) is 4.48. The van der Waals surface area contributed by atoms with E-state index in [9.17, 15) is 9.59 Å². The van der Waals surface area contributed by atoms with Crippen LogP contribution in [0.1, 0.15) is 0 Å². The van der Waals surface area contributed by atoms with E-state index in [1.54, 1.807) is 36.4 Å². The maximum Gasteiger partial charge on any atom is 0.269 e. The molecule has 0 radical (unpaired) electrons. The lowest BCUT2D eigenvalue weighted by atomic mass is 10.2. The van der Waals surface area contributed by atoms with E-state index in [-0.39, 0.29) is 18.0 Å². The third-order valence-electron chi connectivity index (χ3n) is 4.17. The number of carbonyl (C=O) groups is 1. The zero-order valence-electron chi connectivity index (χ0n) is 14.2. The molecular formula is C20H15ClN4O2. The Bertz CT molecular complexity index is 1180. The second-order valence-corrected chi connectivity index (χ2v) is 6.41. The van der Waals surface area contributed by atoms with Crippen LogP contribution < -0.4 is 10.9 Å². The molecule has 0 unspecified atom stereocenters.